The fourth-order valence-electron chi connectivity index (χ4n) is 1.94. The second-order valence-electron chi connectivity index (χ2n) is 4.52. The number of ether oxygens (including phenoxy) is 2. The van der Waals surface area contributed by atoms with E-state index in [1.54, 1.807) is 0 Å². The van der Waals surface area contributed by atoms with E-state index in [4.69, 9.17) is 9.47 Å². The third-order valence-corrected chi connectivity index (χ3v) is 4.23. The molecular weight excluding hydrogens is 256 g/mol. The van der Waals surface area contributed by atoms with Crippen LogP contribution < -0.4 is 4.72 Å². The lowest BCUT2D eigenvalue weighted by atomic mass is 10.3. The summed E-state index contributed by atoms with van der Waals surface area (Å²) in [6.45, 7) is 8.14. The molecule has 0 unspecified atom stereocenters. The lowest BCUT2D eigenvalue weighted by molar-refractivity contribution is -0.0443. The molecular formula is C11H24N2O4S. The SMILES string of the molecule is CCOCCCNS(=O)(=O)N1C[C@@H](C)O[C@@H](C)C1. The second-order valence-corrected chi connectivity index (χ2v) is 6.28. The summed E-state index contributed by atoms with van der Waals surface area (Å²) in [5.41, 5.74) is 0. The summed E-state index contributed by atoms with van der Waals surface area (Å²) < 4.78 is 38.8. The Hall–Kier alpha value is -0.210. The summed E-state index contributed by atoms with van der Waals surface area (Å²) in [5.74, 6) is 0. The van der Waals surface area contributed by atoms with E-state index in [0.717, 1.165) is 0 Å². The Kier molecular flexibility index (Phi) is 6.51. The zero-order valence-corrected chi connectivity index (χ0v) is 12.2. The minimum absolute atomic E-state index is 0.0613. The van der Waals surface area contributed by atoms with Crippen molar-refractivity contribution in [2.45, 2.75) is 39.4 Å². The average molecular weight is 280 g/mol. The predicted octanol–water partition coefficient (Wildman–Crippen LogP) is 0.357. The van der Waals surface area contributed by atoms with Crippen LogP contribution in [0.3, 0.4) is 0 Å². The molecule has 1 aliphatic heterocycles. The molecule has 0 aromatic rings. The molecule has 0 aliphatic carbocycles. The van der Waals surface area contributed by atoms with Gasteiger partial charge in [0, 0.05) is 32.8 Å². The van der Waals surface area contributed by atoms with Crippen LogP contribution >= 0.6 is 0 Å². The molecule has 0 aromatic heterocycles. The van der Waals surface area contributed by atoms with Gasteiger partial charge < -0.3 is 9.47 Å². The Morgan fingerprint density at radius 1 is 1.33 bits per heavy atom. The van der Waals surface area contributed by atoms with Gasteiger partial charge in [0.2, 0.25) is 0 Å². The molecule has 18 heavy (non-hydrogen) atoms. The third kappa shape index (κ3) is 5.19. The molecule has 0 aromatic carbocycles. The van der Waals surface area contributed by atoms with Gasteiger partial charge in [-0.05, 0) is 27.2 Å². The van der Waals surface area contributed by atoms with Gasteiger partial charge in [-0.25, -0.2) is 4.72 Å². The van der Waals surface area contributed by atoms with Gasteiger partial charge in [-0.2, -0.15) is 12.7 Å². The van der Waals surface area contributed by atoms with Crippen molar-refractivity contribution < 1.29 is 17.9 Å². The van der Waals surface area contributed by atoms with E-state index >= 15 is 0 Å². The van der Waals surface area contributed by atoms with Crippen LogP contribution in [0.2, 0.25) is 0 Å². The molecule has 0 amide bonds. The van der Waals surface area contributed by atoms with Crippen LogP contribution in [0.5, 0.6) is 0 Å². The first kappa shape index (κ1) is 15.8. The molecule has 1 aliphatic rings. The Balaban J connectivity index is 2.38. The van der Waals surface area contributed by atoms with Gasteiger partial charge >= 0.3 is 0 Å². The number of nitrogens with one attached hydrogen (secondary N) is 1. The Morgan fingerprint density at radius 2 is 1.94 bits per heavy atom. The van der Waals surface area contributed by atoms with Gasteiger partial charge in [0.05, 0.1) is 12.2 Å². The van der Waals surface area contributed by atoms with Crippen LogP contribution in [0.4, 0.5) is 0 Å². The number of hydrogen-bond donors (Lipinski definition) is 1. The maximum absolute atomic E-state index is 12.0. The smallest absolute Gasteiger partial charge is 0.279 e. The van der Waals surface area contributed by atoms with E-state index in [1.165, 1.54) is 4.31 Å². The highest BCUT2D eigenvalue weighted by molar-refractivity contribution is 7.87. The number of nitrogens with zero attached hydrogens (tertiary/aromatic N) is 1. The lowest BCUT2D eigenvalue weighted by Crippen LogP contribution is -2.52. The van der Waals surface area contributed by atoms with Crippen LogP contribution in [-0.4, -0.2) is 57.8 Å². The minimum Gasteiger partial charge on any atom is -0.382 e. The topological polar surface area (TPSA) is 67.9 Å². The van der Waals surface area contributed by atoms with Crippen molar-refractivity contribution in [1.82, 2.24) is 9.03 Å². The maximum Gasteiger partial charge on any atom is 0.279 e. The van der Waals surface area contributed by atoms with E-state index in [0.29, 0.717) is 39.3 Å². The van der Waals surface area contributed by atoms with Gasteiger partial charge in [0.1, 0.15) is 0 Å². The van der Waals surface area contributed by atoms with Crippen molar-refractivity contribution in [3.05, 3.63) is 0 Å². The van der Waals surface area contributed by atoms with Gasteiger partial charge in [0.15, 0.2) is 0 Å². The average Bonchev–Trinajstić information content (AvgIpc) is 2.27. The Bertz CT molecular complexity index is 324. The quantitative estimate of drug-likeness (QED) is 0.684. The summed E-state index contributed by atoms with van der Waals surface area (Å²) in [6.07, 6.45) is 0.560. The standard InChI is InChI=1S/C11H24N2O4S/c1-4-16-7-5-6-12-18(14,15)13-8-10(2)17-11(3)9-13/h10-12H,4-9H2,1-3H3/t10-,11+. The van der Waals surface area contributed by atoms with Crippen LogP contribution in [0.25, 0.3) is 0 Å². The van der Waals surface area contributed by atoms with Crippen LogP contribution in [0, 0.1) is 0 Å². The molecule has 1 rings (SSSR count). The fraction of sp³-hybridized carbons (Fsp3) is 1.00. The Labute approximate surface area is 110 Å². The molecule has 7 heteroatoms. The number of rotatable bonds is 7. The summed E-state index contributed by atoms with van der Waals surface area (Å²) in [7, 11) is -3.39. The fourth-order valence-corrected chi connectivity index (χ4v) is 3.34. The van der Waals surface area contributed by atoms with Crippen molar-refractivity contribution >= 4 is 10.2 Å². The van der Waals surface area contributed by atoms with Gasteiger partial charge in [-0.3, -0.25) is 0 Å². The highest BCUT2D eigenvalue weighted by Gasteiger charge is 2.30. The summed E-state index contributed by atoms with van der Waals surface area (Å²) >= 11 is 0. The number of hydrogen-bond acceptors (Lipinski definition) is 4. The van der Waals surface area contributed by atoms with Crippen molar-refractivity contribution in [1.29, 1.82) is 0 Å². The van der Waals surface area contributed by atoms with Crippen molar-refractivity contribution in [3.63, 3.8) is 0 Å². The van der Waals surface area contributed by atoms with Crippen molar-refractivity contribution in [2.24, 2.45) is 0 Å². The molecule has 108 valence electrons. The van der Waals surface area contributed by atoms with E-state index in [1.807, 2.05) is 20.8 Å². The summed E-state index contributed by atoms with van der Waals surface area (Å²) in [5, 5.41) is 0. The van der Waals surface area contributed by atoms with Gasteiger partial charge in [-0.15, -0.1) is 0 Å². The maximum atomic E-state index is 12.0. The largest absolute Gasteiger partial charge is 0.382 e. The van der Waals surface area contributed by atoms with Gasteiger partial charge in [0.25, 0.3) is 10.2 Å². The number of morpholine rings is 1. The third-order valence-electron chi connectivity index (χ3n) is 2.68. The monoisotopic (exact) mass is 280 g/mol. The van der Waals surface area contributed by atoms with Crippen molar-refractivity contribution in [3.8, 4) is 0 Å². The first-order valence-electron chi connectivity index (χ1n) is 6.43. The zero-order valence-electron chi connectivity index (χ0n) is 11.4. The molecule has 1 heterocycles. The molecule has 0 radical (unpaired) electrons. The lowest BCUT2D eigenvalue weighted by Gasteiger charge is -2.34. The Morgan fingerprint density at radius 3 is 2.50 bits per heavy atom. The van der Waals surface area contributed by atoms with Crippen LogP contribution in [0.15, 0.2) is 0 Å². The second kappa shape index (κ2) is 7.40. The van der Waals surface area contributed by atoms with E-state index < -0.39 is 10.2 Å². The van der Waals surface area contributed by atoms with E-state index in [2.05, 4.69) is 4.72 Å². The minimum atomic E-state index is -3.39. The summed E-state index contributed by atoms with van der Waals surface area (Å²) in [6, 6.07) is 0. The first-order valence-corrected chi connectivity index (χ1v) is 7.87. The van der Waals surface area contributed by atoms with Crippen LogP contribution in [-0.2, 0) is 19.7 Å². The van der Waals surface area contributed by atoms with E-state index in [-0.39, 0.29) is 12.2 Å². The van der Waals surface area contributed by atoms with Crippen molar-refractivity contribution in [2.75, 3.05) is 32.8 Å². The molecule has 0 spiro atoms. The first-order chi connectivity index (χ1) is 8.45. The molecule has 1 fully saturated rings. The van der Waals surface area contributed by atoms with E-state index in [9.17, 15) is 8.42 Å². The molecule has 2 atom stereocenters. The highest BCUT2D eigenvalue weighted by Crippen LogP contribution is 2.13. The molecule has 0 bridgehead atoms. The highest BCUT2D eigenvalue weighted by atomic mass is 32.2. The molecule has 0 saturated carbocycles. The normalized spacial score (nSPS) is 26.4. The van der Waals surface area contributed by atoms with Gasteiger partial charge in [-0.1, -0.05) is 0 Å². The van der Waals surface area contributed by atoms with Crippen LogP contribution in [0.1, 0.15) is 27.2 Å². The molecule has 1 saturated heterocycles. The molecule has 6 nitrogen and oxygen atoms in total. The zero-order chi connectivity index (χ0) is 13.6. The predicted molar refractivity (Wildman–Crippen MR) is 69.6 cm³/mol. The summed E-state index contributed by atoms with van der Waals surface area (Å²) in [4.78, 5) is 0. The molecule has 1 N–H and O–H groups in total.